The van der Waals surface area contributed by atoms with Crippen molar-refractivity contribution in [2.75, 3.05) is 5.32 Å². The van der Waals surface area contributed by atoms with Crippen LogP contribution in [0.1, 0.15) is 22.3 Å². The second-order valence-electron chi connectivity index (χ2n) is 4.85. The molecule has 0 saturated heterocycles. The molecule has 0 saturated carbocycles. The molecule has 0 heterocycles. The molecule has 0 radical (unpaired) electrons. The summed E-state index contributed by atoms with van der Waals surface area (Å²) in [5.74, 6) is 0. The van der Waals surface area contributed by atoms with E-state index in [9.17, 15) is 0 Å². The van der Waals surface area contributed by atoms with Gasteiger partial charge in [-0.05, 0) is 55.7 Å². The highest BCUT2D eigenvalue weighted by molar-refractivity contribution is 9.10. The SMILES string of the molecule is Cc1cc(C)c(CNc2cc(Br)ccc2Cl)c(C)c1. The lowest BCUT2D eigenvalue weighted by atomic mass is 10.00. The van der Waals surface area contributed by atoms with Crippen LogP contribution in [0.5, 0.6) is 0 Å². The van der Waals surface area contributed by atoms with Crippen LogP contribution in [0.2, 0.25) is 5.02 Å². The van der Waals surface area contributed by atoms with Crippen LogP contribution in [-0.2, 0) is 6.54 Å². The second kappa shape index (κ2) is 5.98. The summed E-state index contributed by atoms with van der Waals surface area (Å²) >= 11 is 9.65. The predicted octanol–water partition coefficient (Wildman–Crippen LogP) is 5.64. The Hall–Kier alpha value is -0.990. The third kappa shape index (κ3) is 3.52. The molecule has 0 bridgehead atoms. The van der Waals surface area contributed by atoms with Crippen LogP contribution < -0.4 is 5.32 Å². The number of hydrogen-bond acceptors (Lipinski definition) is 1. The van der Waals surface area contributed by atoms with Crippen molar-refractivity contribution < 1.29 is 0 Å². The molecule has 0 fully saturated rings. The summed E-state index contributed by atoms with van der Waals surface area (Å²) in [6, 6.07) is 10.3. The van der Waals surface area contributed by atoms with Crippen molar-refractivity contribution in [1.82, 2.24) is 0 Å². The van der Waals surface area contributed by atoms with Gasteiger partial charge in [-0.15, -0.1) is 0 Å². The summed E-state index contributed by atoms with van der Waals surface area (Å²) in [6.07, 6.45) is 0. The Kier molecular flexibility index (Phi) is 4.54. The van der Waals surface area contributed by atoms with E-state index < -0.39 is 0 Å². The fourth-order valence-corrected chi connectivity index (χ4v) is 2.85. The summed E-state index contributed by atoms with van der Waals surface area (Å²) in [7, 11) is 0. The first-order valence-electron chi connectivity index (χ1n) is 6.23. The fraction of sp³-hybridized carbons (Fsp3) is 0.250. The Morgan fingerprint density at radius 1 is 1.05 bits per heavy atom. The smallest absolute Gasteiger partial charge is 0.0638 e. The highest BCUT2D eigenvalue weighted by atomic mass is 79.9. The quantitative estimate of drug-likeness (QED) is 0.763. The molecular weight excluding hydrogens is 322 g/mol. The van der Waals surface area contributed by atoms with Crippen molar-refractivity contribution in [2.45, 2.75) is 27.3 Å². The summed E-state index contributed by atoms with van der Waals surface area (Å²) in [6.45, 7) is 7.22. The molecular formula is C16H17BrClN. The molecule has 3 heteroatoms. The van der Waals surface area contributed by atoms with Crippen molar-refractivity contribution in [3.63, 3.8) is 0 Å². The fourth-order valence-electron chi connectivity index (χ4n) is 2.31. The first kappa shape index (κ1) is 14.4. The molecule has 0 aliphatic rings. The number of benzene rings is 2. The zero-order chi connectivity index (χ0) is 14.0. The van der Waals surface area contributed by atoms with Crippen molar-refractivity contribution in [3.8, 4) is 0 Å². The molecule has 0 unspecified atom stereocenters. The van der Waals surface area contributed by atoms with Gasteiger partial charge in [0, 0.05) is 11.0 Å². The molecule has 0 aliphatic carbocycles. The van der Waals surface area contributed by atoms with Gasteiger partial charge in [0.2, 0.25) is 0 Å². The maximum atomic E-state index is 6.18. The minimum absolute atomic E-state index is 0.741. The lowest BCUT2D eigenvalue weighted by Gasteiger charge is -2.14. The zero-order valence-electron chi connectivity index (χ0n) is 11.3. The van der Waals surface area contributed by atoms with Gasteiger partial charge in [-0.3, -0.25) is 0 Å². The summed E-state index contributed by atoms with van der Waals surface area (Å²) < 4.78 is 1.02. The largest absolute Gasteiger partial charge is 0.380 e. The molecule has 100 valence electrons. The standard InChI is InChI=1S/C16H17BrClN/c1-10-6-11(2)14(12(3)7-10)9-19-16-8-13(17)4-5-15(16)18/h4-8,19H,9H2,1-3H3. The van der Waals surface area contributed by atoms with E-state index >= 15 is 0 Å². The van der Waals surface area contributed by atoms with Gasteiger partial charge in [-0.2, -0.15) is 0 Å². The van der Waals surface area contributed by atoms with E-state index in [1.54, 1.807) is 0 Å². The van der Waals surface area contributed by atoms with Crippen LogP contribution in [0.25, 0.3) is 0 Å². The van der Waals surface area contributed by atoms with Crippen LogP contribution >= 0.6 is 27.5 Å². The van der Waals surface area contributed by atoms with E-state index in [-0.39, 0.29) is 0 Å². The molecule has 0 aliphatic heterocycles. The van der Waals surface area contributed by atoms with Crippen LogP contribution in [0.3, 0.4) is 0 Å². The molecule has 2 rings (SSSR count). The van der Waals surface area contributed by atoms with Crippen molar-refractivity contribution in [3.05, 3.63) is 62.1 Å². The molecule has 1 N–H and O–H groups in total. The summed E-state index contributed by atoms with van der Waals surface area (Å²) in [5.41, 5.74) is 6.23. The number of hydrogen-bond donors (Lipinski definition) is 1. The molecule has 2 aromatic rings. The van der Waals surface area contributed by atoms with Gasteiger partial charge in [0.25, 0.3) is 0 Å². The Morgan fingerprint density at radius 3 is 2.32 bits per heavy atom. The molecule has 1 nitrogen and oxygen atoms in total. The van der Waals surface area contributed by atoms with Gasteiger partial charge in [0.05, 0.1) is 10.7 Å². The predicted molar refractivity (Wildman–Crippen MR) is 87.1 cm³/mol. The molecule has 0 spiro atoms. The third-order valence-corrected chi connectivity index (χ3v) is 4.05. The summed E-state index contributed by atoms with van der Waals surface area (Å²) in [5, 5.41) is 4.15. The zero-order valence-corrected chi connectivity index (χ0v) is 13.7. The van der Waals surface area contributed by atoms with Crippen LogP contribution in [0.15, 0.2) is 34.8 Å². The third-order valence-electron chi connectivity index (χ3n) is 3.22. The Labute approximate surface area is 128 Å². The van der Waals surface area contributed by atoms with E-state index in [0.29, 0.717) is 0 Å². The van der Waals surface area contributed by atoms with Crippen LogP contribution in [0, 0.1) is 20.8 Å². The van der Waals surface area contributed by atoms with Gasteiger partial charge in [0.15, 0.2) is 0 Å². The Bertz CT molecular complexity index is 585. The van der Waals surface area contributed by atoms with E-state index in [1.807, 2.05) is 18.2 Å². The average molecular weight is 339 g/mol. The number of rotatable bonds is 3. The molecule has 0 amide bonds. The van der Waals surface area contributed by atoms with E-state index in [0.717, 1.165) is 21.7 Å². The minimum Gasteiger partial charge on any atom is -0.380 e. The average Bonchev–Trinajstić information content (AvgIpc) is 2.32. The Morgan fingerprint density at radius 2 is 1.68 bits per heavy atom. The number of anilines is 1. The highest BCUT2D eigenvalue weighted by Crippen LogP contribution is 2.27. The van der Waals surface area contributed by atoms with Crippen molar-refractivity contribution in [1.29, 1.82) is 0 Å². The topological polar surface area (TPSA) is 12.0 Å². The monoisotopic (exact) mass is 337 g/mol. The second-order valence-corrected chi connectivity index (χ2v) is 6.18. The number of halogens is 2. The van der Waals surface area contributed by atoms with Crippen molar-refractivity contribution in [2.24, 2.45) is 0 Å². The van der Waals surface area contributed by atoms with Gasteiger partial charge in [0.1, 0.15) is 0 Å². The number of aryl methyl sites for hydroxylation is 3. The first-order chi connectivity index (χ1) is 8.97. The van der Waals surface area contributed by atoms with Gasteiger partial charge < -0.3 is 5.32 Å². The lowest BCUT2D eigenvalue weighted by molar-refractivity contribution is 1.08. The van der Waals surface area contributed by atoms with Gasteiger partial charge in [-0.1, -0.05) is 45.2 Å². The van der Waals surface area contributed by atoms with Gasteiger partial charge >= 0.3 is 0 Å². The normalized spacial score (nSPS) is 10.6. The number of nitrogens with one attached hydrogen (secondary N) is 1. The maximum Gasteiger partial charge on any atom is 0.0638 e. The van der Waals surface area contributed by atoms with Gasteiger partial charge in [-0.25, -0.2) is 0 Å². The van der Waals surface area contributed by atoms with E-state index in [4.69, 9.17) is 11.6 Å². The summed E-state index contributed by atoms with van der Waals surface area (Å²) in [4.78, 5) is 0. The maximum absolute atomic E-state index is 6.18. The molecule has 19 heavy (non-hydrogen) atoms. The Balaban J connectivity index is 2.21. The van der Waals surface area contributed by atoms with Crippen LogP contribution in [0.4, 0.5) is 5.69 Å². The van der Waals surface area contributed by atoms with Crippen molar-refractivity contribution >= 4 is 33.2 Å². The molecule has 2 aromatic carbocycles. The first-order valence-corrected chi connectivity index (χ1v) is 7.40. The molecule has 0 atom stereocenters. The highest BCUT2D eigenvalue weighted by Gasteiger charge is 2.05. The van der Waals surface area contributed by atoms with Crippen LogP contribution in [-0.4, -0.2) is 0 Å². The van der Waals surface area contributed by atoms with E-state index in [2.05, 4.69) is 54.2 Å². The van der Waals surface area contributed by atoms with E-state index in [1.165, 1.54) is 22.3 Å². The molecule has 0 aromatic heterocycles. The minimum atomic E-state index is 0.741. The lowest BCUT2D eigenvalue weighted by Crippen LogP contribution is -2.04.